The summed E-state index contributed by atoms with van der Waals surface area (Å²) in [6.45, 7) is 1.62. The Kier molecular flexibility index (Phi) is 5.75. The molecule has 0 aliphatic carbocycles. The first-order chi connectivity index (χ1) is 8.49. The molecule has 0 unspecified atom stereocenters. The van der Waals surface area contributed by atoms with Crippen LogP contribution in [0.3, 0.4) is 0 Å². The van der Waals surface area contributed by atoms with Crippen molar-refractivity contribution in [1.82, 2.24) is 10.0 Å². The van der Waals surface area contributed by atoms with E-state index < -0.39 is 15.9 Å². The fraction of sp³-hybridized carbons (Fsp3) is 0.500. The third-order valence-corrected chi connectivity index (χ3v) is 5.75. The average Bonchev–Trinajstić information content (AvgIpc) is 2.79. The van der Waals surface area contributed by atoms with Gasteiger partial charge in [0.2, 0.25) is 15.9 Å². The van der Waals surface area contributed by atoms with E-state index in [-0.39, 0.29) is 28.2 Å². The Morgan fingerprint density at radius 2 is 2.05 bits per heavy atom. The molecule has 1 saturated heterocycles. The van der Waals surface area contributed by atoms with Gasteiger partial charge in [-0.2, -0.15) is 0 Å². The maximum atomic E-state index is 12.1. The number of halogens is 1. The lowest BCUT2D eigenvalue weighted by Gasteiger charge is -2.23. The zero-order chi connectivity index (χ0) is 13.2. The van der Waals surface area contributed by atoms with Crippen LogP contribution in [0.4, 0.5) is 0 Å². The van der Waals surface area contributed by atoms with Crippen molar-refractivity contribution in [3.05, 3.63) is 17.0 Å². The molecule has 108 valence electrons. The fourth-order valence-electron chi connectivity index (χ4n) is 1.80. The van der Waals surface area contributed by atoms with E-state index in [0.717, 1.165) is 37.3 Å². The van der Waals surface area contributed by atoms with Gasteiger partial charge in [0.25, 0.3) is 0 Å². The number of rotatable bonds is 4. The van der Waals surface area contributed by atoms with Crippen molar-refractivity contribution in [2.45, 2.75) is 23.1 Å². The third kappa shape index (κ3) is 4.15. The second-order valence-electron chi connectivity index (χ2n) is 4.16. The third-order valence-electron chi connectivity index (χ3n) is 2.79. The number of piperidine rings is 1. The van der Waals surface area contributed by atoms with Crippen molar-refractivity contribution in [3.8, 4) is 0 Å². The zero-order valence-corrected chi connectivity index (χ0v) is 12.5. The Labute approximate surface area is 122 Å². The largest absolute Gasteiger partial charge is 0.366 e. The SMILES string of the molecule is Cl.NC(=O)c1csc(S(=O)(=O)NC2CCNCC2)c1. The van der Waals surface area contributed by atoms with Crippen molar-refractivity contribution < 1.29 is 13.2 Å². The summed E-state index contributed by atoms with van der Waals surface area (Å²) in [4.78, 5) is 10.9. The molecule has 1 aliphatic heterocycles. The fourth-order valence-corrected chi connectivity index (χ4v) is 4.29. The van der Waals surface area contributed by atoms with Gasteiger partial charge in [-0.05, 0) is 32.0 Å². The molecule has 1 amide bonds. The highest BCUT2D eigenvalue weighted by atomic mass is 35.5. The number of primary amides is 1. The van der Waals surface area contributed by atoms with Crippen molar-refractivity contribution >= 4 is 39.7 Å². The Hall–Kier alpha value is -0.670. The number of hydrogen-bond donors (Lipinski definition) is 3. The molecule has 4 N–H and O–H groups in total. The van der Waals surface area contributed by atoms with Gasteiger partial charge >= 0.3 is 0 Å². The summed E-state index contributed by atoms with van der Waals surface area (Å²) in [7, 11) is -3.54. The van der Waals surface area contributed by atoms with Crippen LogP contribution in [0.5, 0.6) is 0 Å². The second-order valence-corrected chi connectivity index (χ2v) is 7.02. The van der Waals surface area contributed by atoms with Gasteiger partial charge in [-0.25, -0.2) is 13.1 Å². The summed E-state index contributed by atoms with van der Waals surface area (Å²) >= 11 is 1.01. The minimum Gasteiger partial charge on any atom is -0.366 e. The van der Waals surface area contributed by atoms with E-state index in [1.54, 1.807) is 0 Å². The van der Waals surface area contributed by atoms with Crippen molar-refractivity contribution in [1.29, 1.82) is 0 Å². The minimum atomic E-state index is -3.54. The van der Waals surface area contributed by atoms with E-state index in [0.29, 0.717) is 0 Å². The van der Waals surface area contributed by atoms with Crippen molar-refractivity contribution in [3.63, 3.8) is 0 Å². The Morgan fingerprint density at radius 3 is 2.58 bits per heavy atom. The van der Waals surface area contributed by atoms with E-state index in [2.05, 4.69) is 10.0 Å². The highest BCUT2D eigenvalue weighted by Gasteiger charge is 2.23. The van der Waals surface area contributed by atoms with Gasteiger partial charge in [0.05, 0.1) is 5.56 Å². The van der Waals surface area contributed by atoms with Crippen LogP contribution >= 0.6 is 23.7 Å². The monoisotopic (exact) mass is 325 g/mol. The maximum absolute atomic E-state index is 12.1. The van der Waals surface area contributed by atoms with E-state index in [1.165, 1.54) is 11.4 Å². The molecule has 0 atom stereocenters. The Bertz CT molecular complexity index is 538. The molecule has 2 heterocycles. The van der Waals surface area contributed by atoms with Crippen LogP contribution in [-0.2, 0) is 10.0 Å². The normalized spacial score (nSPS) is 16.8. The molecule has 0 saturated carbocycles. The first-order valence-electron chi connectivity index (χ1n) is 5.60. The summed E-state index contributed by atoms with van der Waals surface area (Å²) in [5.41, 5.74) is 5.33. The summed E-state index contributed by atoms with van der Waals surface area (Å²) in [5, 5.41) is 4.62. The number of sulfonamides is 1. The van der Waals surface area contributed by atoms with Gasteiger partial charge in [-0.1, -0.05) is 0 Å². The molecule has 1 aromatic heterocycles. The number of nitrogens with one attached hydrogen (secondary N) is 2. The topological polar surface area (TPSA) is 101 Å². The predicted octanol–water partition coefficient (Wildman–Crippen LogP) is 0.299. The van der Waals surface area contributed by atoms with Gasteiger partial charge < -0.3 is 11.1 Å². The second kappa shape index (κ2) is 6.67. The molecular formula is C10H16ClN3O3S2. The van der Waals surface area contributed by atoms with Gasteiger partial charge in [-0.15, -0.1) is 23.7 Å². The lowest BCUT2D eigenvalue weighted by molar-refractivity contribution is 0.100. The van der Waals surface area contributed by atoms with Gasteiger partial charge in [0.15, 0.2) is 0 Å². The Morgan fingerprint density at radius 1 is 1.42 bits per heavy atom. The first-order valence-corrected chi connectivity index (χ1v) is 7.97. The van der Waals surface area contributed by atoms with Crippen LogP contribution in [0, 0.1) is 0 Å². The predicted molar refractivity (Wildman–Crippen MR) is 76.3 cm³/mol. The van der Waals surface area contributed by atoms with Gasteiger partial charge in [0.1, 0.15) is 4.21 Å². The lowest BCUT2D eigenvalue weighted by Crippen LogP contribution is -2.42. The quantitative estimate of drug-likeness (QED) is 0.741. The van der Waals surface area contributed by atoms with E-state index in [1.807, 2.05) is 0 Å². The van der Waals surface area contributed by atoms with E-state index in [9.17, 15) is 13.2 Å². The van der Waals surface area contributed by atoms with Crippen LogP contribution in [-0.4, -0.2) is 33.5 Å². The molecule has 0 bridgehead atoms. The van der Waals surface area contributed by atoms with Crippen molar-refractivity contribution in [2.75, 3.05) is 13.1 Å². The molecular weight excluding hydrogens is 310 g/mol. The number of thiophene rings is 1. The summed E-state index contributed by atoms with van der Waals surface area (Å²) in [6, 6.07) is 1.27. The van der Waals surface area contributed by atoms with Gasteiger partial charge in [-0.3, -0.25) is 4.79 Å². The van der Waals surface area contributed by atoms with Crippen molar-refractivity contribution in [2.24, 2.45) is 5.73 Å². The maximum Gasteiger partial charge on any atom is 0.250 e. The molecule has 19 heavy (non-hydrogen) atoms. The van der Waals surface area contributed by atoms with Crippen LogP contribution in [0.2, 0.25) is 0 Å². The summed E-state index contributed by atoms with van der Waals surface area (Å²) in [5.74, 6) is -0.616. The number of carbonyl (C=O) groups is 1. The molecule has 2 rings (SSSR count). The van der Waals surface area contributed by atoms with Crippen LogP contribution in [0.25, 0.3) is 0 Å². The van der Waals surface area contributed by atoms with Crippen LogP contribution in [0.1, 0.15) is 23.2 Å². The molecule has 0 aromatic carbocycles. The number of carbonyl (C=O) groups excluding carboxylic acids is 1. The minimum absolute atomic E-state index is 0. The molecule has 1 aromatic rings. The lowest BCUT2D eigenvalue weighted by atomic mass is 10.1. The average molecular weight is 326 g/mol. The van der Waals surface area contributed by atoms with Gasteiger partial charge in [0, 0.05) is 11.4 Å². The zero-order valence-electron chi connectivity index (χ0n) is 10.1. The molecule has 1 fully saturated rings. The number of hydrogen-bond acceptors (Lipinski definition) is 5. The molecule has 1 aliphatic rings. The molecule has 0 radical (unpaired) electrons. The molecule has 9 heteroatoms. The smallest absolute Gasteiger partial charge is 0.250 e. The number of nitrogens with two attached hydrogens (primary N) is 1. The number of amides is 1. The molecule has 6 nitrogen and oxygen atoms in total. The van der Waals surface area contributed by atoms with E-state index >= 15 is 0 Å². The standard InChI is InChI=1S/C10H15N3O3S2.ClH/c11-10(14)7-5-9(17-6-7)18(15,16)13-8-1-3-12-4-2-8;/h5-6,8,12-13H,1-4H2,(H2,11,14);1H. The molecule has 0 spiro atoms. The highest BCUT2D eigenvalue weighted by Crippen LogP contribution is 2.20. The Balaban J connectivity index is 0.00000180. The first kappa shape index (κ1) is 16.4. The van der Waals surface area contributed by atoms with E-state index in [4.69, 9.17) is 5.73 Å². The van der Waals surface area contributed by atoms with Crippen LogP contribution < -0.4 is 15.8 Å². The summed E-state index contributed by atoms with van der Waals surface area (Å²) in [6.07, 6.45) is 1.54. The van der Waals surface area contributed by atoms with Crippen LogP contribution in [0.15, 0.2) is 15.7 Å². The highest BCUT2D eigenvalue weighted by molar-refractivity contribution is 7.91. The summed E-state index contributed by atoms with van der Waals surface area (Å²) < 4.78 is 26.9.